The van der Waals surface area contributed by atoms with Crippen molar-refractivity contribution in [3.8, 4) is 0 Å². The molecule has 2 aromatic rings. The van der Waals surface area contributed by atoms with E-state index in [0.717, 1.165) is 25.5 Å². The molecule has 0 spiro atoms. The van der Waals surface area contributed by atoms with E-state index >= 15 is 0 Å². The Morgan fingerprint density at radius 3 is 2.68 bits per heavy atom. The third-order valence-corrected chi connectivity index (χ3v) is 3.18. The van der Waals surface area contributed by atoms with Crippen molar-refractivity contribution in [3.05, 3.63) is 42.2 Å². The molecular formula is C15H24N4. The van der Waals surface area contributed by atoms with E-state index in [1.165, 1.54) is 5.69 Å². The molecule has 1 N–H and O–H groups in total. The second kappa shape index (κ2) is 5.61. The minimum Gasteiger partial charge on any atom is -0.343 e. The summed E-state index contributed by atoms with van der Waals surface area (Å²) in [4.78, 5) is 4.43. The first kappa shape index (κ1) is 13.9. The molecule has 0 bridgehead atoms. The van der Waals surface area contributed by atoms with Crippen LogP contribution in [0, 0.1) is 0 Å². The first-order chi connectivity index (χ1) is 8.99. The zero-order chi connectivity index (χ0) is 13.9. The fourth-order valence-corrected chi connectivity index (χ4v) is 2.05. The third kappa shape index (κ3) is 3.70. The van der Waals surface area contributed by atoms with Crippen LogP contribution in [-0.4, -0.2) is 19.7 Å². The van der Waals surface area contributed by atoms with Gasteiger partial charge in [0.1, 0.15) is 5.82 Å². The van der Waals surface area contributed by atoms with E-state index in [4.69, 9.17) is 0 Å². The molecule has 2 aromatic heterocycles. The summed E-state index contributed by atoms with van der Waals surface area (Å²) in [7, 11) is 0. The molecule has 0 saturated carbocycles. The zero-order valence-corrected chi connectivity index (χ0v) is 12.3. The second-order valence-electron chi connectivity index (χ2n) is 5.86. The van der Waals surface area contributed by atoms with E-state index in [9.17, 15) is 0 Å². The van der Waals surface area contributed by atoms with E-state index in [1.54, 1.807) is 0 Å². The van der Waals surface area contributed by atoms with Crippen molar-refractivity contribution in [1.82, 2.24) is 19.4 Å². The van der Waals surface area contributed by atoms with Crippen molar-refractivity contribution in [1.29, 1.82) is 0 Å². The van der Waals surface area contributed by atoms with Crippen LogP contribution in [0.15, 0.2) is 30.7 Å². The molecule has 2 rings (SSSR count). The van der Waals surface area contributed by atoms with Gasteiger partial charge in [-0.3, -0.25) is 0 Å². The average Bonchev–Trinajstić information content (AvgIpc) is 2.95. The van der Waals surface area contributed by atoms with Crippen LogP contribution in [0.2, 0.25) is 0 Å². The Kier molecular flexibility index (Phi) is 4.10. The summed E-state index contributed by atoms with van der Waals surface area (Å²) in [5, 5.41) is 3.52. The number of hydrogen-bond donors (Lipinski definition) is 1. The van der Waals surface area contributed by atoms with Crippen molar-refractivity contribution in [2.75, 3.05) is 0 Å². The Hall–Kier alpha value is -1.55. The maximum absolute atomic E-state index is 4.43. The molecule has 0 aliphatic carbocycles. The number of nitrogens with one attached hydrogen (secondary N) is 1. The van der Waals surface area contributed by atoms with Gasteiger partial charge in [-0.25, -0.2) is 4.98 Å². The number of rotatable bonds is 5. The molecule has 104 valence electrons. The van der Waals surface area contributed by atoms with E-state index in [1.807, 2.05) is 12.4 Å². The highest BCUT2D eigenvalue weighted by Gasteiger charge is 2.11. The quantitative estimate of drug-likeness (QED) is 0.897. The molecule has 0 fully saturated rings. The van der Waals surface area contributed by atoms with Crippen LogP contribution < -0.4 is 5.32 Å². The van der Waals surface area contributed by atoms with Crippen LogP contribution in [0.3, 0.4) is 0 Å². The molecule has 0 radical (unpaired) electrons. The summed E-state index contributed by atoms with van der Waals surface area (Å²) in [6.07, 6.45) is 6.02. The topological polar surface area (TPSA) is 34.8 Å². The van der Waals surface area contributed by atoms with Gasteiger partial charge >= 0.3 is 0 Å². The predicted molar refractivity (Wildman–Crippen MR) is 78.0 cm³/mol. The number of aryl methyl sites for hydroxylation is 1. The van der Waals surface area contributed by atoms with Crippen LogP contribution in [0.5, 0.6) is 0 Å². The first-order valence-electron chi connectivity index (χ1n) is 6.88. The van der Waals surface area contributed by atoms with Gasteiger partial charge in [0.15, 0.2) is 0 Å². The average molecular weight is 260 g/mol. The van der Waals surface area contributed by atoms with Crippen LogP contribution in [0.4, 0.5) is 0 Å². The van der Waals surface area contributed by atoms with Crippen LogP contribution >= 0.6 is 0 Å². The van der Waals surface area contributed by atoms with E-state index in [-0.39, 0.29) is 5.54 Å². The van der Waals surface area contributed by atoms with Gasteiger partial charge in [-0.05, 0) is 39.8 Å². The number of nitrogens with zero attached hydrogens (tertiary/aromatic N) is 3. The summed E-state index contributed by atoms with van der Waals surface area (Å²) >= 11 is 0. The minimum absolute atomic E-state index is 0.136. The Balaban J connectivity index is 2.07. The molecular weight excluding hydrogens is 236 g/mol. The van der Waals surface area contributed by atoms with Crippen molar-refractivity contribution in [2.45, 2.75) is 52.9 Å². The molecule has 19 heavy (non-hydrogen) atoms. The van der Waals surface area contributed by atoms with Crippen molar-refractivity contribution >= 4 is 0 Å². The SMILES string of the molecule is CCn1ccnc1Cn1cccc1CNC(C)(C)C. The number of aromatic nitrogens is 3. The summed E-state index contributed by atoms with van der Waals surface area (Å²) in [5.41, 5.74) is 1.43. The molecule has 0 unspecified atom stereocenters. The molecule has 0 saturated heterocycles. The lowest BCUT2D eigenvalue weighted by Gasteiger charge is -2.21. The lowest BCUT2D eigenvalue weighted by Crippen LogP contribution is -2.35. The fraction of sp³-hybridized carbons (Fsp3) is 0.533. The Morgan fingerprint density at radius 1 is 1.21 bits per heavy atom. The number of imidazole rings is 1. The highest BCUT2D eigenvalue weighted by Crippen LogP contribution is 2.09. The van der Waals surface area contributed by atoms with Crippen LogP contribution in [0.1, 0.15) is 39.2 Å². The maximum Gasteiger partial charge on any atom is 0.128 e. The van der Waals surface area contributed by atoms with Gasteiger partial charge in [-0.2, -0.15) is 0 Å². The molecule has 0 amide bonds. The predicted octanol–water partition coefficient (Wildman–Crippen LogP) is 2.64. The molecule has 2 heterocycles. The van der Waals surface area contributed by atoms with Gasteiger partial charge in [0.05, 0.1) is 6.54 Å². The zero-order valence-electron chi connectivity index (χ0n) is 12.3. The summed E-state index contributed by atoms with van der Waals surface area (Å²) in [6, 6.07) is 4.26. The van der Waals surface area contributed by atoms with Crippen molar-refractivity contribution in [3.63, 3.8) is 0 Å². The molecule has 4 nitrogen and oxygen atoms in total. The monoisotopic (exact) mass is 260 g/mol. The molecule has 0 aliphatic heterocycles. The lowest BCUT2D eigenvalue weighted by atomic mass is 10.1. The van der Waals surface area contributed by atoms with Crippen LogP contribution in [-0.2, 0) is 19.6 Å². The van der Waals surface area contributed by atoms with Gasteiger partial charge in [0, 0.05) is 42.9 Å². The minimum atomic E-state index is 0.136. The third-order valence-electron chi connectivity index (χ3n) is 3.18. The normalized spacial score (nSPS) is 12.0. The van der Waals surface area contributed by atoms with E-state index in [2.05, 4.69) is 65.5 Å². The van der Waals surface area contributed by atoms with Crippen molar-refractivity contribution < 1.29 is 0 Å². The van der Waals surface area contributed by atoms with Gasteiger partial charge in [0.25, 0.3) is 0 Å². The molecule has 0 aromatic carbocycles. The fourth-order valence-electron chi connectivity index (χ4n) is 2.05. The largest absolute Gasteiger partial charge is 0.343 e. The standard InChI is InChI=1S/C15H24N4/c1-5-18-10-8-16-14(18)12-19-9-6-7-13(19)11-17-15(2,3)4/h6-10,17H,5,11-12H2,1-4H3. The van der Waals surface area contributed by atoms with Crippen molar-refractivity contribution in [2.24, 2.45) is 0 Å². The smallest absolute Gasteiger partial charge is 0.128 e. The summed E-state index contributed by atoms with van der Waals surface area (Å²) in [6.45, 7) is 11.4. The highest BCUT2D eigenvalue weighted by atomic mass is 15.1. The lowest BCUT2D eigenvalue weighted by molar-refractivity contribution is 0.416. The molecule has 0 atom stereocenters. The van der Waals surface area contributed by atoms with Crippen LogP contribution in [0.25, 0.3) is 0 Å². The van der Waals surface area contributed by atoms with Gasteiger partial charge in [-0.1, -0.05) is 0 Å². The van der Waals surface area contributed by atoms with Gasteiger partial charge < -0.3 is 14.5 Å². The second-order valence-corrected chi connectivity index (χ2v) is 5.86. The van der Waals surface area contributed by atoms with Gasteiger partial charge in [0.2, 0.25) is 0 Å². The summed E-state index contributed by atoms with van der Waals surface area (Å²) in [5.74, 6) is 1.11. The maximum atomic E-state index is 4.43. The molecule has 0 aliphatic rings. The first-order valence-corrected chi connectivity index (χ1v) is 6.88. The highest BCUT2D eigenvalue weighted by molar-refractivity contribution is 5.09. The van der Waals surface area contributed by atoms with E-state index in [0.29, 0.717) is 0 Å². The van der Waals surface area contributed by atoms with Gasteiger partial charge in [-0.15, -0.1) is 0 Å². The number of hydrogen-bond acceptors (Lipinski definition) is 2. The van der Waals surface area contributed by atoms with E-state index < -0.39 is 0 Å². The Morgan fingerprint density at radius 2 is 2.00 bits per heavy atom. The molecule has 4 heteroatoms. The Labute approximate surface area is 115 Å². The Bertz CT molecular complexity index is 516. The summed E-state index contributed by atoms with van der Waals surface area (Å²) < 4.78 is 4.44.